The predicted octanol–water partition coefficient (Wildman–Crippen LogP) is 3.73. The SMILES string of the molecule is CC(C)C(NC(=O)c1ccccc1Br)C(=O)Nc1cccc(C(=O)NC2CC2)c1. The largest absolute Gasteiger partial charge is 0.349 e. The first-order valence-corrected chi connectivity index (χ1v) is 10.4. The summed E-state index contributed by atoms with van der Waals surface area (Å²) in [5, 5.41) is 8.55. The molecule has 0 radical (unpaired) electrons. The molecule has 0 aliphatic heterocycles. The molecule has 3 rings (SSSR count). The number of benzene rings is 2. The van der Waals surface area contributed by atoms with Crippen molar-refractivity contribution in [2.45, 2.75) is 38.8 Å². The molecule has 2 aromatic carbocycles. The molecule has 0 saturated heterocycles. The van der Waals surface area contributed by atoms with Crippen LogP contribution in [0.1, 0.15) is 47.4 Å². The summed E-state index contributed by atoms with van der Waals surface area (Å²) >= 11 is 3.36. The van der Waals surface area contributed by atoms with Crippen molar-refractivity contribution in [3.8, 4) is 0 Å². The second-order valence-corrected chi connectivity index (χ2v) is 8.35. The molecule has 1 atom stereocenters. The Labute approximate surface area is 178 Å². The number of nitrogens with one attached hydrogen (secondary N) is 3. The normalized spacial score (nSPS) is 14.2. The van der Waals surface area contributed by atoms with Crippen molar-refractivity contribution >= 4 is 39.3 Å². The predicted molar refractivity (Wildman–Crippen MR) is 116 cm³/mol. The van der Waals surface area contributed by atoms with Crippen LogP contribution in [0.2, 0.25) is 0 Å². The molecule has 29 heavy (non-hydrogen) atoms. The van der Waals surface area contributed by atoms with Crippen molar-refractivity contribution in [1.82, 2.24) is 10.6 Å². The van der Waals surface area contributed by atoms with Crippen molar-refractivity contribution in [2.24, 2.45) is 5.92 Å². The Hall–Kier alpha value is -2.67. The lowest BCUT2D eigenvalue weighted by atomic mass is 10.0. The second kappa shape index (κ2) is 9.22. The highest BCUT2D eigenvalue weighted by molar-refractivity contribution is 9.10. The summed E-state index contributed by atoms with van der Waals surface area (Å²) in [4.78, 5) is 37.7. The van der Waals surface area contributed by atoms with Gasteiger partial charge in [-0.3, -0.25) is 14.4 Å². The van der Waals surface area contributed by atoms with Gasteiger partial charge in [0, 0.05) is 21.8 Å². The zero-order valence-electron chi connectivity index (χ0n) is 16.4. The fourth-order valence-electron chi connectivity index (χ4n) is 2.85. The van der Waals surface area contributed by atoms with Crippen LogP contribution in [0.3, 0.4) is 0 Å². The molecule has 3 amide bonds. The average Bonchev–Trinajstić information content (AvgIpc) is 3.50. The van der Waals surface area contributed by atoms with E-state index in [-0.39, 0.29) is 29.7 Å². The third kappa shape index (κ3) is 5.67. The molecule has 6 nitrogen and oxygen atoms in total. The Kier molecular flexibility index (Phi) is 6.69. The second-order valence-electron chi connectivity index (χ2n) is 7.49. The van der Waals surface area contributed by atoms with Crippen molar-refractivity contribution < 1.29 is 14.4 Å². The highest BCUT2D eigenvalue weighted by Crippen LogP contribution is 2.20. The lowest BCUT2D eigenvalue weighted by molar-refractivity contribution is -0.118. The number of rotatable bonds is 7. The molecule has 0 bridgehead atoms. The summed E-state index contributed by atoms with van der Waals surface area (Å²) in [6.45, 7) is 3.73. The van der Waals surface area contributed by atoms with E-state index in [1.807, 2.05) is 19.9 Å². The molecule has 1 aliphatic rings. The summed E-state index contributed by atoms with van der Waals surface area (Å²) in [6, 6.07) is 13.4. The van der Waals surface area contributed by atoms with Gasteiger partial charge in [-0.15, -0.1) is 0 Å². The number of carbonyl (C=O) groups is 3. The number of hydrogen-bond acceptors (Lipinski definition) is 3. The van der Waals surface area contributed by atoms with Gasteiger partial charge in [0.05, 0.1) is 5.56 Å². The van der Waals surface area contributed by atoms with E-state index < -0.39 is 6.04 Å². The van der Waals surface area contributed by atoms with Crippen LogP contribution in [0.5, 0.6) is 0 Å². The van der Waals surface area contributed by atoms with Crippen LogP contribution in [-0.2, 0) is 4.79 Å². The standard InChI is InChI=1S/C22H24BrN3O3/c1-13(2)19(26-21(28)17-8-3-4-9-18(17)23)22(29)25-16-7-5-6-14(12-16)20(27)24-15-10-11-15/h3-9,12-13,15,19H,10-11H2,1-2H3,(H,24,27)(H,25,29)(H,26,28). The van der Waals surface area contributed by atoms with Crippen molar-refractivity contribution in [3.63, 3.8) is 0 Å². The third-order valence-electron chi connectivity index (χ3n) is 4.66. The molecule has 152 valence electrons. The van der Waals surface area contributed by atoms with E-state index in [1.165, 1.54) is 0 Å². The molecule has 1 unspecified atom stereocenters. The molecule has 7 heteroatoms. The fourth-order valence-corrected chi connectivity index (χ4v) is 3.32. The Bertz CT molecular complexity index is 925. The first-order chi connectivity index (χ1) is 13.8. The quantitative estimate of drug-likeness (QED) is 0.591. The number of carbonyl (C=O) groups excluding carboxylic acids is 3. The topological polar surface area (TPSA) is 87.3 Å². The molecule has 0 aromatic heterocycles. The zero-order valence-corrected chi connectivity index (χ0v) is 18.0. The van der Waals surface area contributed by atoms with Crippen LogP contribution in [0.4, 0.5) is 5.69 Å². The van der Waals surface area contributed by atoms with Gasteiger partial charge in [0.25, 0.3) is 11.8 Å². The first-order valence-electron chi connectivity index (χ1n) is 9.62. The molecule has 1 saturated carbocycles. The fraction of sp³-hybridized carbons (Fsp3) is 0.318. The van der Waals surface area contributed by atoms with Crippen molar-refractivity contribution in [3.05, 3.63) is 64.1 Å². The van der Waals surface area contributed by atoms with Crippen LogP contribution in [-0.4, -0.2) is 29.8 Å². The van der Waals surface area contributed by atoms with Gasteiger partial charge >= 0.3 is 0 Å². The van der Waals surface area contributed by atoms with E-state index in [9.17, 15) is 14.4 Å². The van der Waals surface area contributed by atoms with Gasteiger partial charge in [0.2, 0.25) is 5.91 Å². The van der Waals surface area contributed by atoms with E-state index in [2.05, 4.69) is 31.9 Å². The van der Waals surface area contributed by atoms with Gasteiger partial charge in [0.1, 0.15) is 6.04 Å². The molecule has 0 heterocycles. The molecule has 1 aliphatic carbocycles. The van der Waals surface area contributed by atoms with E-state index in [0.29, 0.717) is 21.3 Å². The van der Waals surface area contributed by atoms with Gasteiger partial charge in [-0.1, -0.05) is 32.0 Å². The molecule has 0 spiro atoms. The third-order valence-corrected chi connectivity index (χ3v) is 5.35. The van der Waals surface area contributed by atoms with Gasteiger partial charge < -0.3 is 16.0 Å². The van der Waals surface area contributed by atoms with E-state index in [4.69, 9.17) is 0 Å². The summed E-state index contributed by atoms with van der Waals surface area (Å²) in [5.74, 6) is -0.932. The Balaban J connectivity index is 1.69. The van der Waals surface area contributed by atoms with E-state index >= 15 is 0 Å². The monoisotopic (exact) mass is 457 g/mol. The molecule has 2 aromatic rings. The first kappa shape index (κ1) is 21.0. The highest BCUT2D eigenvalue weighted by atomic mass is 79.9. The number of anilines is 1. The number of amides is 3. The molecule has 3 N–H and O–H groups in total. The summed E-state index contributed by atoms with van der Waals surface area (Å²) in [5.41, 5.74) is 1.47. The lowest BCUT2D eigenvalue weighted by Crippen LogP contribution is -2.47. The minimum Gasteiger partial charge on any atom is -0.349 e. The van der Waals surface area contributed by atoms with Crippen molar-refractivity contribution in [2.75, 3.05) is 5.32 Å². The van der Waals surface area contributed by atoms with Gasteiger partial charge in [-0.2, -0.15) is 0 Å². The Morgan fingerprint density at radius 1 is 1.00 bits per heavy atom. The maximum Gasteiger partial charge on any atom is 0.253 e. The van der Waals surface area contributed by atoms with Crippen LogP contribution >= 0.6 is 15.9 Å². The van der Waals surface area contributed by atoms with Crippen LogP contribution in [0.15, 0.2) is 53.0 Å². The number of halogens is 1. The van der Waals surface area contributed by atoms with Gasteiger partial charge in [-0.05, 0) is 65.0 Å². The zero-order chi connectivity index (χ0) is 21.0. The highest BCUT2D eigenvalue weighted by Gasteiger charge is 2.26. The number of hydrogen-bond donors (Lipinski definition) is 3. The minimum absolute atomic E-state index is 0.122. The summed E-state index contributed by atoms with van der Waals surface area (Å²) in [6.07, 6.45) is 2.02. The summed E-state index contributed by atoms with van der Waals surface area (Å²) in [7, 11) is 0. The molecular weight excluding hydrogens is 434 g/mol. The summed E-state index contributed by atoms with van der Waals surface area (Å²) < 4.78 is 0.662. The smallest absolute Gasteiger partial charge is 0.253 e. The molecular formula is C22H24BrN3O3. The molecule has 1 fully saturated rings. The Morgan fingerprint density at radius 3 is 2.38 bits per heavy atom. The maximum absolute atomic E-state index is 12.8. The minimum atomic E-state index is -0.724. The van der Waals surface area contributed by atoms with Crippen molar-refractivity contribution in [1.29, 1.82) is 0 Å². The average molecular weight is 458 g/mol. The van der Waals surface area contributed by atoms with Gasteiger partial charge in [-0.25, -0.2) is 0 Å². The Morgan fingerprint density at radius 2 is 1.72 bits per heavy atom. The van der Waals surface area contributed by atoms with Crippen LogP contribution < -0.4 is 16.0 Å². The van der Waals surface area contributed by atoms with E-state index in [0.717, 1.165) is 12.8 Å². The van der Waals surface area contributed by atoms with E-state index in [1.54, 1.807) is 42.5 Å². The van der Waals surface area contributed by atoms with Crippen LogP contribution in [0, 0.1) is 5.92 Å². The van der Waals surface area contributed by atoms with Gasteiger partial charge in [0.15, 0.2) is 0 Å². The maximum atomic E-state index is 12.8. The lowest BCUT2D eigenvalue weighted by Gasteiger charge is -2.22. The van der Waals surface area contributed by atoms with Crippen LogP contribution in [0.25, 0.3) is 0 Å².